The Labute approximate surface area is 189 Å². The lowest BCUT2D eigenvalue weighted by Crippen LogP contribution is -2.26. The van der Waals surface area contributed by atoms with E-state index in [-0.39, 0.29) is 23.1 Å². The van der Waals surface area contributed by atoms with Crippen LogP contribution in [0, 0.1) is 17.2 Å². The van der Waals surface area contributed by atoms with Gasteiger partial charge in [0.25, 0.3) is 5.56 Å². The molecule has 4 rings (SSSR count). The summed E-state index contributed by atoms with van der Waals surface area (Å²) in [6.07, 6.45) is 4.09. The number of aromatic nitrogens is 2. The predicted molar refractivity (Wildman–Crippen MR) is 126 cm³/mol. The van der Waals surface area contributed by atoms with Crippen LogP contribution < -0.4 is 10.9 Å². The number of hydrogen-bond acceptors (Lipinski definition) is 6. The number of nitrogens with zero attached hydrogens (tertiary/aromatic N) is 3. The molecule has 0 saturated heterocycles. The average molecular weight is 453 g/mol. The molecule has 0 bridgehead atoms. The monoisotopic (exact) mass is 452 g/mol. The Kier molecular flexibility index (Phi) is 6.44. The molecule has 2 heterocycles. The second-order valence-corrected chi connectivity index (χ2v) is 10.1. The first-order chi connectivity index (χ1) is 15.0. The number of rotatable bonds is 6. The lowest BCUT2D eigenvalue weighted by molar-refractivity contribution is -0.113. The third kappa shape index (κ3) is 4.53. The number of thioether (sulfide) groups is 1. The summed E-state index contributed by atoms with van der Waals surface area (Å²) in [5.74, 6) is 0.194. The molecular weight excluding hydrogens is 428 g/mol. The maximum absolute atomic E-state index is 13.0. The molecule has 1 aliphatic rings. The van der Waals surface area contributed by atoms with E-state index in [0.717, 1.165) is 31.2 Å². The number of aryl methyl sites for hydroxylation is 1. The van der Waals surface area contributed by atoms with E-state index in [4.69, 9.17) is 0 Å². The summed E-state index contributed by atoms with van der Waals surface area (Å²) in [6, 6.07) is 9.55. The van der Waals surface area contributed by atoms with Gasteiger partial charge in [0.15, 0.2) is 5.16 Å². The van der Waals surface area contributed by atoms with E-state index < -0.39 is 0 Å². The van der Waals surface area contributed by atoms with Crippen LogP contribution >= 0.6 is 23.1 Å². The highest BCUT2D eigenvalue weighted by Crippen LogP contribution is 2.37. The molecule has 0 fully saturated rings. The molecule has 1 aromatic carbocycles. The number of anilines is 1. The number of nitriles is 1. The van der Waals surface area contributed by atoms with Crippen molar-refractivity contribution in [3.8, 4) is 6.07 Å². The van der Waals surface area contributed by atoms with E-state index in [0.29, 0.717) is 33.2 Å². The lowest BCUT2D eigenvalue weighted by atomic mass is 9.96. The number of benzene rings is 1. The molecule has 0 radical (unpaired) electrons. The summed E-state index contributed by atoms with van der Waals surface area (Å²) in [7, 11) is 0. The van der Waals surface area contributed by atoms with Crippen LogP contribution in [0.15, 0.2) is 34.2 Å². The highest BCUT2D eigenvalue weighted by molar-refractivity contribution is 7.99. The van der Waals surface area contributed by atoms with Gasteiger partial charge < -0.3 is 5.32 Å². The molecule has 160 valence electrons. The molecule has 6 nitrogen and oxygen atoms in total. The summed E-state index contributed by atoms with van der Waals surface area (Å²) in [5.41, 5.74) is 2.26. The molecule has 2 aromatic heterocycles. The van der Waals surface area contributed by atoms with Crippen molar-refractivity contribution in [3.05, 3.63) is 50.6 Å². The fraction of sp³-hybridized carbons (Fsp3) is 0.391. The summed E-state index contributed by atoms with van der Waals surface area (Å²) in [6.45, 7) is 4.63. The number of fused-ring (bicyclic) bond motifs is 2. The Hall–Kier alpha value is -2.63. The molecule has 8 heteroatoms. The standard InChI is InChI=1S/C23H24N4O2S2/c1-14(2)12-27-22(29)16-8-3-5-9-18(16)25-23(27)30-13-20(28)26-21-17(11-24)15-7-4-6-10-19(15)31-21/h3,5,8-9,14H,4,6-7,10,12-13H2,1-2H3,(H,26,28). The van der Waals surface area contributed by atoms with E-state index >= 15 is 0 Å². The van der Waals surface area contributed by atoms with Gasteiger partial charge in [0, 0.05) is 11.4 Å². The summed E-state index contributed by atoms with van der Waals surface area (Å²) in [4.78, 5) is 31.6. The topological polar surface area (TPSA) is 87.8 Å². The Balaban J connectivity index is 1.55. The van der Waals surface area contributed by atoms with Gasteiger partial charge in [-0.2, -0.15) is 5.26 Å². The molecule has 0 aliphatic heterocycles. The van der Waals surface area contributed by atoms with Crippen LogP contribution in [0.3, 0.4) is 0 Å². The minimum Gasteiger partial charge on any atom is -0.316 e. The number of carbonyl (C=O) groups excluding carboxylic acids is 1. The van der Waals surface area contributed by atoms with Gasteiger partial charge in [-0.15, -0.1) is 11.3 Å². The predicted octanol–water partition coefficient (Wildman–Crippen LogP) is 4.60. The summed E-state index contributed by atoms with van der Waals surface area (Å²) >= 11 is 2.77. The van der Waals surface area contributed by atoms with Crippen molar-refractivity contribution in [1.82, 2.24) is 9.55 Å². The molecule has 1 N–H and O–H groups in total. The van der Waals surface area contributed by atoms with Gasteiger partial charge in [-0.1, -0.05) is 37.7 Å². The van der Waals surface area contributed by atoms with Crippen molar-refractivity contribution in [3.63, 3.8) is 0 Å². The first-order valence-electron chi connectivity index (χ1n) is 10.4. The minimum absolute atomic E-state index is 0.0834. The summed E-state index contributed by atoms with van der Waals surface area (Å²) in [5, 5.41) is 14.3. The van der Waals surface area contributed by atoms with E-state index in [1.165, 1.54) is 28.0 Å². The van der Waals surface area contributed by atoms with Crippen LogP contribution in [-0.2, 0) is 24.2 Å². The van der Waals surface area contributed by atoms with E-state index in [2.05, 4.69) is 16.4 Å². The van der Waals surface area contributed by atoms with Crippen molar-refractivity contribution >= 4 is 44.9 Å². The average Bonchev–Trinajstić information content (AvgIpc) is 3.11. The zero-order valence-electron chi connectivity index (χ0n) is 17.6. The van der Waals surface area contributed by atoms with E-state index in [1.54, 1.807) is 10.6 Å². The zero-order chi connectivity index (χ0) is 22.0. The van der Waals surface area contributed by atoms with Crippen molar-refractivity contribution in [2.24, 2.45) is 5.92 Å². The van der Waals surface area contributed by atoms with Crippen LogP contribution in [0.25, 0.3) is 10.9 Å². The smallest absolute Gasteiger partial charge is 0.262 e. The highest BCUT2D eigenvalue weighted by atomic mass is 32.2. The van der Waals surface area contributed by atoms with Crippen molar-refractivity contribution in [2.45, 2.75) is 51.2 Å². The number of para-hydroxylation sites is 1. The van der Waals surface area contributed by atoms with Gasteiger partial charge >= 0.3 is 0 Å². The van der Waals surface area contributed by atoms with Crippen LogP contribution in [0.1, 0.15) is 42.7 Å². The second kappa shape index (κ2) is 9.25. The maximum Gasteiger partial charge on any atom is 0.262 e. The van der Waals surface area contributed by atoms with Gasteiger partial charge in [0.2, 0.25) is 5.91 Å². The zero-order valence-corrected chi connectivity index (χ0v) is 19.2. The fourth-order valence-electron chi connectivity index (χ4n) is 3.85. The third-order valence-corrected chi connectivity index (χ3v) is 7.43. The number of nitrogens with one attached hydrogen (secondary N) is 1. The molecule has 0 unspecified atom stereocenters. The molecule has 0 atom stereocenters. The summed E-state index contributed by atoms with van der Waals surface area (Å²) < 4.78 is 1.66. The number of hydrogen-bond donors (Lipinski definition) is 1. The van der Waals surface area contributed by atoms with Crippen molar-refractivity contribution < 1.29 is 4.79 Å². The van der Waals surface area contributed by atoms with Crippen molar-refractivity contribution in [2.75, 3.05) is 11.1 Å². The van der Waals surface area contributed by atoms with Crippen LogP contribution in [0.2, 0.25) is 0 Å². The number of carbonyl (C=O) groups is 1. The Bertz CT molecular complexity index is 1240. The van der Waals surface area contributed by atoms with Crippen molar-refractivity contribution in [1.29, 1.82) is 5.26 Å². The maximum atomic E-state index is 13.0. The van der Waals surface area contributed by atoms with Gasteiger partial charge in [-0.05, 0) is 49.3 Å². The largest absolute Gasteiger partial charge is 0.316 e. The molecule has 31 heavy (non-hydrogen) atoms. The highest BCUT2D eigenvalue weighted by Gasteiger charge is 2.22. The van der Waals surface area contributed by atoms with Gasteiger partial charge in [-0.25, -0.2) is 4.98 Å². The first-order valence-corrected chi connectivity index (χ1v) is 12.2. The normalized spacial score (nSPS) is 13.2. The SMILES string of the molecule is CC(C)Cn1c(SCC(=O)Nc2sc3c(c2C#N)CCCC3)nc2ccccc2c1=O. The molecule has 0 spiro atoms. The first kappa shape index (κ1) is 21.6. The Morgan fingerprint density at radius 1 is 1.32 bits per heavy atom. The second-order valence-electron chi connectivity index (χ2n) is 8.08. The van der Waals surface area contributed by atoms with Gasteiger partial charge in [0.1, 0.15) is 11.1 Å². The van der Waals surface area contributed by atoms with Gasteiger partial charge in [-0.3, -0.25) is 14.2 Å². The third-order valence-electron chi connectivity index (χ3n) is 5.24. The minimum atomic E-state index is -0.196. The van der Waals surface area contributed by atoms with E-state index in [1.807, 2.05) is 32.0 Å². The fourth-order valence-corrected chi connectivity index (χ4v) is 5.91. The number of amides is 1. The molecule has 1 amide bonds. The quantitative estimate of drug-likeness (QED) is 0.436. The molecule has 3 aromatic rings. The van der Waals surface area contributed by atoms with Crippen LogP contribution in [0.4, 0.5) is 5.00 Å². The Morgan fingerprint density at radius 2 is 2.10 bits per heavy atom. The van der Waals surface area contributed by atoms with Crippen LogP contribution in [-0.4, -0.2) is 21.2 Å². The Morgan fingerprint density at radius 3 is 2.87 bits per heavy atom. The van der Waals surface area contributed by atoms with Gasteiger partial charge in [0.05, 0.1) is 22.2 Å². The molecule has 0 saturated carbocycles. The molecular formula is C23H24N4O2S2. The molecule has 1 aliphatic carbocycles. The van der Waals surface area contributed by atoms with E-state index in [9.17, 15) is 14.9 Å². The number of thiophene rings is 1. The van der Waals surface area contributed by atoms with Crippen LogP contribution in [0.5, 0.6) is 0 Å². The lowest BCUT2D eigenvalue weighted by Gasteiger charge is -2.14.